The van der Waals surface area contributed by atoms with Crippen LogP contribution in [-0.2, 0) is 0 Å². The van der Waals surface area contributed by atoms with Gasteiger partial charge in [-0.05, 0) is 36.4 Å². The van der Waals surface area contributed by atoms with E-state index in [0.29, 0.717) is 33.0 Å². The predicted molar refractivity (Wildman–Crippen MR) is 110 cm³/mol. The summed E-state index contributed by atoms with van der Waals surface area (Å²) < 4.78 is 14.8. The first kappa shape index (κ1) is 18.1. The van der Waals surface area contributed by atoms with Crippen LogP contribution in [0.2, 0.25) is 5.02 Å². The van der Waals surface area contributed by atoms with E-state index >= 15 is 0 Å². The first-order chi connectivity index (χ1) is 14.6. The molecule has 0 saturated heterocycles. The molecule has 0 aliphatic heterocycles. The van der Waals surface area contributed by atoms with Gasteiger partial charge in [-0.2, -0.15) is 4.52 Å². The van der Waals surface area contributed by atoms with E-state index in [0.717, 1.165) is 0 Å². The number of halogens is 2. The van der Waals surface area contributed by atoms with Gasteiger partial charge in [-0.3, -0.25) is 9.78 Å². The maximum atomic E-state index is 13.3. The molecule has 1 N–H and O–H groups in total. The highest BCUT2D eigenvalue weighted by molar-refractivity contribution is 6.35. The van der Waals surface area contributed by atoms with Crippen molar-refractivity contribution >= 4 is 39.8 Å². The Labute approximate surface area is 173 Å². The minimum atomic E-state index is -0.513. The number of nitrogens with one attached hydrogen (secondary N) is 1. The molecule has 0 atom stereocenters. The lowest BCUT2D eigenvalue weighted by Crippen LogP contribution is -2.12. The molecule has 5 rings (SSSR count). The SMILES string of the molecule is O=c1nccncc1Nc1nc2c(Cl)cccc2c2nc(-c3ccc(F)cc3)nn12. The van der Waals surface area contributed by atoms with Gasteiger partial charge in [-0.25, -0.2) is 19.3 Å². The lowest BCUT2D eigenvalue weighted by atomic mass is 10.2. The van der Waals surface area contributed by atoms with Crippen LogP contribution in [0.3, 0.4) is 0 Å². The molecule has 146 valence electrons. The van der Waals surface area contributed by atoms with E-state index in [9.17, 15) is 9.18 Å². The molecular formula is C20H11ClFN7O. The third-order valence-corrected chi connectivity index (χ3v) is 4.69. The molecule has 0 spiro atoms. The Kier molecular flexibility index (Phi) is 4.29. The molecule has 0 unspecified atom stereocenters. The zero-order chi connectivity index (χ0) is 20.7. The average molecular weight is 420 g/mol. The summed E-state index contributed by atoms with van der Waals surface area (Å²) in [5.74, 6) is 0.214. The number of anilines is 2. The third kappa shape index (κ3) is 3.11. The Morgan fingerprint density at radius 2 is 1.87 bits per heavy atom. The van der Waals surface area contributed by atoms with E-state index in [1.54, 1.807) is 24.3 Å². The van der Waals surface area contributed by atoms with Crippen LogP contribution >= 0.6 is 11.6 Å². The molecule has 30 heavy (non-hydrogen) atoms. The van der Waals surface area contributed by atoms with Gasteiger partial charge in [-0.1, -0.05) is 17.7 Å². The Morgan fingerprint density at radius 3 is 2.70 bits per heavy atom. The van der Waals surface area contributed by atoms with Crippen molar-refractivity contribution in [2.45, 2.75) is 0 Å². The van der Waals surface area contributed by atoms with Gasteiger partial charge in [0.15, 0.2) is 11.5 Å². The smallest absolute Gasteiger partial charge is 0.295 e. The number of fused-ring (bicyclic) bond motifs is 3. The quantitative estimate of drug-likeness (QED) is 0.476. The van der Waals surface area contributed by atoms with Crippen LogP contribution in [0.5, 0.6) is 0 Å². The van der Waals surface area contributed by atoms with Gasteiger partial charge in [-0.15, -0.1) is 5.10 Å². The minimum absolute atomic E-state index is 0.110. The zero-order valence-electron chi connectivity index (χ0n) is 15.1. The van der Waals surface area contributed by atoms with Crippen molar-refractivity contribution in [1.82, 2.24) is 29.5 Å². The highest BCUT2D eigenvalue weighted by Gasteiger charge is 2.17. The van der Waals surface area contributed by atoms with Crippen molar-refractivity contribution in [3.8, 4) is 11.4 Å². The summed E-state index contributed by atoms with van der Waals surface area (Å²) in [6.45, 7) is 0. The average Bonchev–Trinajstić information content (AvgIpc) is 3.10. The fraction of sp³-hybridized carbons (Fsp3) is 0. The van der Waals surface area contributed by atoms with Crippen LogP contribution in [0.1, 0.15) is 0 Å². The standard InChI is InChI=1S/C20H11ClFN7O/c21-14-3-1-2-13-16(14)26-20(25-15-10-23-8-9-24-19(15)30)29-18(13)27-17(28-29)11-4-6-12(22)7-5-11/h1-10H,(H,24,25,26,30). The lowest BCUT2D eigenvalue weighted by molar-refractivity contribution is 0.628. The number of benzene rings is 2. The topological polar surface area (TPSA) is 98.0 Å². The Morgan fingerprint density at radius 1 is 1.03 bits per heavy atom. The first-order valence-electron chi connectivity index (χ1n) is 8.78. The number of para-hydroxylation sites is 1. The van der Waals surface area contributed by atoms with Crippen LogP contribution in [0.25, 0.3) is 27.9 Å². The lowest BCUT2D eigenvalue weighted by Gasteiger charge is -2.08. The van der Waals surface area contributed by atoms with E-state index in [2.05, 4.69) is 30.4 Å². The van der Waals surface area contributed by atoms with Gasteiger partial charge in [0, 0.05) is 23.3 Å². The van der Waals surface area contributed by atoms with Crippen molar-refractivity contribution in [3.63, 3.8) is 0 Å². The summed E-state index contributed by atoms with van der Waals surface area (Å²) in [5.41, 5.74) is 1.18. The second-order valence-electron chi connectivity index (χ2n) is 6.30. The second-order valence-corrected chi connectivity index (χ2v) is 6.71. The van der Waals surface area contributed by atoms with Crippen molar-refractivity contribution in [3.05, 3.63) is 82.2 Å². The Bertz CT molecular complexity index is 1470. The summed E-state index contributed by atoms with van der Waals surface area (Å²) in [5, 5.41) is 8.52. The van der Waals surface area contributed by atoms with Gasteiger partial charge in [0.25, 0.3) is 5.56 Å². The minimum Gasteiger partial charge on any atom is -0.318 e. The van der Waals surface area contributed by atoms with Crippen molar-refractivity contribution < 1.29 is 4.39 Å². The Hall–Kier alpha value is -3.98. The number of hydrogen-bond acceptors (Lipinski definition) is 7. The maximum absolute atomic E-state index is 13.3. The molecule has 0 fully saturated rings. The van der Waals surface area contributed by atoms with E-state index in [1.165, 1.54) is 35.2 Å². The largest absolute Gasteiger partial charge is 0.318 e. The van der Waals surface area contributed by atoms with Gasteiger partial charge >= 0.3 is 0 Å². The molecule has 0 radical (unpaired) electrons. The van der Waals surface area contributed by atoms with Gasteiger partial charge in [0.1, 0.15) is 11.5 Å². The van der Waals surface area contributed by atoms with Crippen molar-refractivity contribution in [2.24, 2.45) is 0 Å². The molecule has 10 heteroatoms. The maximum Gasteiger partial charge on any atom is 0.295 e. The highest BCUT2D eigenvalue weighted by Crippen LogP contribution is 2.29. The van der Waals surface area contributed by atoms with Crippen molar-refractivity contribution in [2.75, 3.05) is 5.32 Å². The summed E-state index contributed by atoms with van der Waals surface area (Å²) in [7, 11) is 0. The zero-order valence-corrected chi connectivity index (χ0v) is 15.9. The summed E-state index contributed by atoms with van der Waals surface area (Å²) >= 11 is 6.35. The molecule has 0 aliphatic carbocycles. The molecule has 5 aromatic rings. The highest BCUT2D eigenvalue weighted by atomic mass is 35.5. The monoisotopic (exact) mass is 419 g/mol. The fourth-order valence-electron chi connectivity index (χ4n) is 2.99. The number of hydrogen-bond donors (Lipinski definition) is 1. The summed E-state index contributed by atoms with van der Waals surface area (Å²) in [6.07, 6.45) is 4.04. The van der Waals surface area contributed by atoms with E-state index in [4.69, 9.17) is 11.6 Å². The Balaban J connectivity index is 1.78. The molecule has 0 saturated carbocycles. The summed E-state index contributed by atoms with van der Waals surface area (Å²) in [4.78, 5) is 29.1. The van der Waals surface area contributed by atoms with Crippen LogP contribution in [0.4, 0.5) is 16.0 Å². The van der Waals surface area contributed by atoms with E-state index in [-0.39, 0.29) is 17.5 Å². The molecule has 2 aromatic carbocycles. The molecule has 3 aromatic heterocycles. The molecule has 8 nitrogen and oxygen atoms in total. The molecule has 0 bridgehead atoms. The number of nitrogens with zero attached hydrogens (tertiary/aromatic N) is 6. The normalized spacial score (nSPS) is 11.1. The number of rotatable bonds is 3. The van der Waals surface area contributed by atoms with Gasteiger partial charge in [0.2, 0.25) is 5.95 Å². The van der Waals surface area contributed by atoms with Crippen LogP contribution in [0.15, 0.2) is 65.8 Å². The summed E-state index contributed by atoms with van der Waals surface area (Å²) in [6, 6.07) is 11.1. The van der Waals surface area contributed by atoms with Gasteiger partial charge in [0.05, 0.1) is 16.7 Å². The molecule has 3 heterocycles. The molecule has 0 aliphatic rings. The molecular weight excluding hydrogens is 409 g/mol. The first-order valence-corrected chi connectivity index (χ1v) is 9.16. The van der Waals surface area contributed by atoms with Crippen LogP contribution in [-0.4, -0.2) is 29.5 Å². The van der Waals surface area contributed by atoms with Crippen LogP contribution in [0, 0.1) is 5.82 Å². The predicted octanol–water partition coefficient (Wildman–Crippen LogP) is 3.63. The fourth-order valence-corrected chi connectivity index (χ4v) is 3.20. The van der Waals surface area contributed by atoms with E-state index < -0.39 is 5.56 Å². The van der Waals surface area contributed by atoms with Crippen LogP contribution < -0.4 is 10.9 Å². The molecule has 0 amide bonds. The number of aromatic nitrogens is 6. The van der Waals surface area contributed by atoms with E-state index in [1.807, 2.05) is 6.07 Å². The van der Waals surface area contributed by atoms with Crippen molar-refractivity contribution in [1.29, 1.82) is 0 Å². The third-order valence-electron chi connectivity index (χ3n) is 4.38. The van der Waals surface area contributed by atoms with Gasteiger partial charge < -0.3 is 5.32 Å². The second kappa shape index (κ2) is 7.12.